The Bertz CT molecular complexity index is 436. The third-order valence-corrected chi connectivity index (χ3v) is 5.18. The second-order valence-electron chi connectivity index (χ2n) is 6.92. The summed E-state index contributed by atoms with van der Waals surface area (Å²) in [5.74, 6) is -0.0928. The van der Waals surface area contributed by atoms with Crippen molar-refractivity contribution in [1.29, 1.82) is 0 Å². The quantitative estimate of drug-likeness (QED) is 0.771. The maximum absolute atomic E-state index is 12.6. The first-order chi connectivity index (χ1) is 9.73. The molecule has 0 bridgehead atoms. The van der Waals surface area contributed by atoms with Gasteiger partial charge in [0.2, 0.25) is 11.8 Å². The number of hydrogen-bond donors (Lipinski definition) is 2. The lowest BCUT2D eigenvalue weighted by Crippen LogP contribution is -2.82. The van der Waals surface area contributed by atoms with E-state index in [2.05, 4.69) is 5.32 Å². The second kappa shape index (κ2) is 5.57. The highest BCUT2D eigenvalue weighted by Crippen LogP contribution is 2.57. The van der Waals surface area contributed by atoms with Crippen LogP contribution in [0.1, 0.15) is 33.1 Å². The minimum Gasteiger partial charge on any atom is -0.377 e. The summed E-state index contributed by atoms with van der Waals surface area (Å²) in [5.41, 5.74) is 5.18. The van der Waals surface area contributed by atoms with Gasteiger partial charge in [-0.3, -0.25) is 9.59 Å². The van der Waals surface area contributed by atoms with Crippen molar-refractivity contribution in [3.05, 3.63) is 0 Å². The standard InChI is InChI=1S/C15H27N3O3/c1-14(2)12-10(6-5-9-21-12)15(14,16)13(20)17-8-7-11(19)18(3)4/h10,12H,5-9,16H2,1-4H3,(H,17,20). The number of nitrogens with two attached hydrogens (primary N) is 1. The third-order valence-electron chi connectivity index (χ3n) is 5.18. The number of carbonyl (C=O) groups is 2. The van der Waals surface area contributed by atoms with E-state index in [0.29, 0.717) is 13.0 Å². The summed E-state index contributed by atoms with van der Waals surface area (Å²) in [6.45, 7) is 5.05. The van der Waals surface area contributed by atoms with Gasteiger partial charge in [0.25, 0.3) is 0 Å². The lowest BCUT2D eigenvalue weighted by Gasteiger charge is -2.65. The summed E-state index contributed by atoms with van der Waals surface area (Å²) < 4.78 is 5.79. The molecule has 0 radical (unpaired) electrons. The van der Waals surface area contributed by atoms with Gasteiger partial charge < -0.3 is 20.7 Å². The zero-order valence-corrected chi connectivity index (χ0v) is 13.4. The van der Waals surface area contributed by atoms with Crippen LogP contribution in [0.4, 0.5) is 0 Å². The van der Waals surface area contributed by atoms with Gasteiger partial charge in [0.15, 0.2) is 0 Å². The molecule has 0 aromatic heterocycles. The fourth-order valence-electron chi connectivity index (χ4n) is 3.69. The molecule has 2 aliphatic rings. The second-order valence-corrected chi connectivity index (χ2v) is 6.92. The molecular formula is C15H27N3O3. The van der Waals surface area contributed by atoms with E-state index in [1.54, 1.807) is 14.1 Å². The van der Waals surface area contributed by atoms with E-state index in [1.807, 2.05) is 13.8 Å². The molecule has 0 aromatic rings. The highest BCUT2D eigenvalue weighted by Gasteiger charge is 2.70. The van der Waals surface area contributed by atoms with Crippen LogP contribution in [0, 0.1) is 11.3 Å². The fourth-order valence-corrected chi connectivity index (χ4v) is 3.69. The predicted octanol–water partition coefficient (Wildman–Crippen LogP) is 0.113. The Balaban J connectivity index is 1.96. The van der Waals surface area contributed by atoms with Crippen molar-refractivity contribution in [2.45, 2.75) is 44.8 Å². The summed E-state index contributed by atoms with van der Waals surface area (Å²) in [4.78, 5) is 25.6. The Kier molecular flexibility index (Phi) is 4.31. The minimum absolute atomic E-state index is 0.00637. The van der Waals surface area contributed by atoms with E-state index in [9.17, 15) is 9.59 Å². The monoisotopic (exact) mass is 297 g/mol. The molecule has 1 saturated carbocycles. The molecule has 6 nitrogen and oxygen atoms in total. The highest BCUT2D eigenvalue weighted by atomic mass is 16.5. The number of nitrogens with zero attached hydrogens (tertiary/aromatic N) is 1. The number of rotatable bonds is 4. The Morgan fingerprint density at radius 1 is 1.38 bits per heavy atom. The Morgan fingerprint density at radius 3 is 2.67 bits per heavy atom. The average Bonchev–Trinajstić information content (AvgIpc) is 2.45. The van der Waals surface area contributed by atoms with E-state index >= 15 is 0 Å². The number of carbonyl (C=O) groups excluding carboxylic acids is 2. The smallest absolute Gasteiger partial charge is 0.241 e. The maximum atomic E-state index is 12.6. The Labute approximate surface area is 126 Å². The van der Waals surface area contributed by atoms with Crippen molar-refractivity contribution in [2.24, 2.45) is 17.1 Å². The van der Waals surface area contributed by atoms with Gasteiger partial charge in [0.05, 0.1) is 6.10 Å². The van der Waals surface area contributed by atoms with Crippen LogP contribution in [0.2, 0.25) is 0 Å². The van der Waals surface area contributed by atoms with Crippen molar-refractivity contribution in [3.8, 4) is 0 Å². The lowest BCUT2D eigenvalue weighted by molar-refractivity contribution is -0.225. The van der Waals surface area contributed by atoms with Gasteiger partial charge in [0, 0.05) is 45.0 Å². The first-order valence-corrected chi connectivity index (χ1v) is 7.62. The van der Waals surface area contributed by atoms with Crippen molar-refractivity contribution in [1.82, 2.24) is 10.2 Å². The van der Waals surface area contributed by atoms with Gasteiger partial charge in [-0.15, -0.1) is 0 Å². The summed E-state index contributed by atoms with van der Waals surface area (Å²) in [7, 11) is 3.40. The minimum atomic E-state index is -0.904. The Morgan fingerprint density at radius 2 is 2.05 bits per heavy atom. The molecule has 1 aliphatic carbocycles. The third kappa shape index (κ3) is 2.44. The summed E-state index contributed by atoms with van der Waals surface area (Å²) in [6, 6.07) is 0. The molecule has 1 aliphatic heterocycles. The topological polar surface area (TPSA) is 84.7 Å². The van der Waals surface area contributed by atoms with Gasteiger partial charge in [-0.1, -0.05) is 13.8 Å². The molecule has 120 valence electrons. The normalized spacial score (nSPS) is 33.6. The molecule has 0 aromatic carbocycles. The van der Waals surface area contributed by atoms with Crippen molar-refractivity contribution >= 4 is 11.8 Å². The number of ether oxygens (including phenoxy) is 1. The van der Waals surface area contributed by atoms with Crippen molar-refractivity contribution in [3.63, 3.8) is 0 Å². The zero-order chi connectivity index (χ0) is 15.8. The summed E-state index contributed by atoms with van der Waals surface area (Å²) >= 11 is 0. The molecule has 1 heterocycles. The number of amides is 2. The largest absolute Gasteiger partial charge is 0.377 e. The van der Waals surface area contributed by atoms with Crippen LogP contribution < -0.4 is 11.1 Å². The molecule has 2 fully saturated rings. The molecule has 1 saturated heterocycles. The fraction of sp³-hybridized carbons (Fsp3) is 0.867. The molecular weight excluding hydrogens is 270 g/mol. The van der Waals surface area contributed by atoms with E-state index in [1.165, 1.54) is 4.90 Å². The van der Waals surface area contributed by atoms with Crippen LogP contribution in [0.5, 0.6) is 0 Å². The molecule has 3 N–H and O–H groups in total. The highest BCUT2D eigenvalue weighted by molar-refractivity contribution is 5.90. The van der Waals surface area contributed by atoms with Gasteiger partial charge in [0.1, 0.15) is 5.54 Å². The van der Waals surface area contributed by atoms with Crippen LogP contribution in [0.25, 0.3) is 0 Å². The number of hydrogen-bond acceptors (Lipinski definition) is 4. The lowest BCUT2D eigenvalue weighted by atomic mass is 9.46. The molecule has 21 heavy (non-hydrogen) atoms. The van der Waals surface area contributed by atoms with Crippen LogP contribution >= 0.6 is 0 Å². The Hall–Kier alpha value is -1.14. The number of nitrogens with one attached hydrogen (secondary N) is 1. The SMILES string of the molecule is CN(C)C(=O)CCNC(=O)C1(N)C2CCCOC2C1(C)C. The van der Waals surface area contributed by atoms with Crippen molar-refractivity contribution < 1.29 is 14.3 Å². The predicted molar refractivity (Wildman–Crippen MR) is 79.5 cm³/mol. The molecule has 0 spiro atoms. The zero-order valence-electron chi connectivity index (χ0n) is 13.4. The molecule has 2 amide bonds. The van der Waals surface area contributed by atoms with Gasteiger partial charge in [-0.2, -0.15) is 0 Å². The van der Waals surface area contributed by atoms with E-state index < -0.39 is 5.54 Å². The first kappa shape index (κ1) is 16.2. The van der Waals surface area contributed by atoms with E-state index in [4.69, 9.17) is 10.5 Å². The van der Waals surface area contributed by atoms with Crippen LogP contribution in [-0.2, 0) is 14.3 Å². The number of fused-ring (bicyclic) bond motifs is 1. The van der Waals surface area contributed by atoms with Gasteiger partial charge >= 0.3 is 0 Å². The maximum Gasteiger partial charge on any atom is 0.241 e. The molecule has 6 heteroatoms. The van der Waals surface area contributed by atoms with E-state index in [0.717, 1.165) is 19.4 Å². The molecule has 3 atom stereocenters. The van der Waals surface area contributed by atoms with Gasteiger partial charge in [-0.05, 0) is 12.8 Å². The molecule has 2 rings (SSSR count). The van der Waals surface area contributed by atoms with Crippen molar-refractivity contribution in [2.75, 3.05) is 27.2 Å². The van der Waals surface area contributed by atoms with Crippen LogP contribution in [0.15, 0.2) is 0 Å². The van der Waals surface area contributed by atoms with E-state index in [-0.39, 0.29) is 29.3 Å². The van der Waals surface area contributed by atoms with Crippen LogP contribution in [0.3, 0.4) is 0 Å². The van der Waals surface area contributed by atoms with Gasteiger partial charge in [-0.25, -0.2) is 0 Å². The summed E-state index contributed by atoms with van der Waals surface area (Å²) in [5, 5.41) is 2.83. The average molecular weight is 297 g/mol. The summed E-state index contributed by atoms with van der Waals surface area (Å²) in [6.07, 6.45) is 2.22. The first-order valence-electron chi connectivity index (χ1n) is 7.62. The van der Waals surface area contributed by atoms with Crippen LogP contribution in [-0.4, -0.2) is 55.6 Å². The molecule has 3 unspecified atom stereocenters.